The minimum Gasteiger partial charge on any atom is -0.488 e. The Morgan fingerprint density at radius 2 is 2.21 bits per heavy atom. The first-order valence-electron chi connectivity index (χ1n) is 5.06. The number of aryl methyl sites for hydroxylation is 1. The highest BCUT2D eigenvalue weighted by molar-refractivity contribution is 5.25. The van der Waals surface area contributed by atoms with Crippen LogP contribution in [0, 0.1) is 6.92 Å². The highest BCUT2D eigenvalue weighted by Gasteiger charge is 2.03. The van der Waals surface area contributed by atoms with Gasteiger partial charge in [-0.2, -0.15) is 0 Å². The van der Waals surface area contributed by atoms with Crippen LogP contribution < -0.4 is 10.2 Å². The van der Waals surface area contributed by atoms with E-state index >= 15 is 0 Å². The molecule has 1 aromatic rings. The first-order chi connectivity index (χ1) is 6.75. The van der Waals surface area contributed by atoms with E-state index in [1.54, 1.807) is 6.20 Å². The van der Waals surface area contributed by atoms with Crippen molar-refractivity contribution in [2.24, 2.45) is 0 Å². The zero-order valence-corrected chi connectivity index (χ0v) is 8.80. The molecule has 1 heterocycles. The van der Waals surface area contributed by atoms with Crippen molar-refractivity contribution in [3.63, 3.8) is 0 Å². The summed E-state index contributed by atoms with van der Waals surface area (Å²) in [6, 6.07) is 1.49. The molecule has 0 aliphatic rings. The van der Waals surface area contributed by atoms with E-state index in [0.717, 1.165) is 25.0 Å². The lowest BCUT2D eigenvalue weighted by atomic mass is 10.3. The summed E-state index contributed by atoms with van der Waals surface area (Å²) in [6.07, 6.45) is 4.94. The van der Waals surface area contributed by atoms with E-state index in [4.69, 9.17) is 4.74 Å². The van der Waals surface area contributed by atoms with Crippen LogP contribution in [-0.4, -0.2) is 11.6 Å². The molecular formula is C11H17NO2. The molecule has 1 rings (SSSR count). The molecule has 0 radical (unpaired) electrons. The third-order valence-electron chi connectivity index (χ3n) is 2.09. The van der Waals surface area contributed by atoms with Crippen LogP contribution in [0.1, 0.15) is 31.9 Å². The van der Waals surface area contributed by atoms with E-state index in [-0.39, 0.29) is 5.43 Å². The molecule has 0 aliphatic heterocycles. The molecule has 0 aliphatic carbocycles. The lowest BCUT2D eigenvalue weighted by Gasteiger charge is -2.06. The van der Waals surface area contributed by atoms with Crippen molar-refractivity contribution in [2.75, 3.05) is 6.61 Å². The van der Waals surface area contributed by atoms with Gasteiger partial charge in [-0.15, -0.1) is 0 Å². The predicted octanol–water partition coefficient (Wildman–Crippen LogP) is 2.25. The molecule has 0 bridgehead atoms. The van der Waals surface area contributed by atoms with Crippen LogP contribution >= 0.6 is 0 Å². The van der Waals surface area contributed by atoms with E-state index in [9.17, 15) is 4.79 Å². The maximum absolute atomic E-state index is 11.4. The van der Waals surface area contributed by atoms with Crippen LogP contribution in [0.5, 0.6) is 5.75 Å². The van der Waals surface area contributed by atoms with Gasteiger partial charge >= 0.3 is 0 Å². The lowest BCUT2D eigenvalue weighted by molar-refractivity contribution is 0.300. The molecule has 0 amide bonds. The summed E-state index contributed by atoms with van der Waals surface area (Å²) in [5.41, 5.74) is 0.756. The fraction of sp³-hybridized carbons (Fsp3) is 0.545. The Balaban J connectivity index is 2.54. The fourth-order valence-electron chi connectivity index (χ4n) is 1.27. The first-order valence-corrected chi connectivity index (χ1v) is 5.06. The second-order valence-corrected chi connectivity index (χ2v) is 3.35. The van der Waals surface area contributed by atoms with Crippen LogP contribution in [0.25, 0.3) is 0 Å². The normalized spacial score (nSPS) is 10.1. The van der Waals surface area contributed by atoms with Crippen molar-refractivity contribution in [2.45, 2.75) is 33.1 Å². The molecule has 0 aromatic carbocycles. The number of hydrogen-bond donors (Lipinski definition) is 1. The smallest absolute Gasteiger partial charge is 0.223 e. The average Bonchev–Trinajstić information content (AvgIpc) is 2.16. The van der Waals surface area contributed by atoms with Crippen molar-refractivity contribution < 1.29 is 4.74 Å². The Labute approximate surface area is 84.1 Å². The SMILES string of the molecule is CCCCCOc1c(C)[nH]ccc1=O. The molecule has 0 unspecified atom stereocenters. The highest BCUT2D eigenvalue weighted by Crippen LogP contribution is 2.08. The summed E-state index contributed by atoms with van der Waals surface area (Å²) >= 11 is 0. The number of hydrogen-bond acceptors (Lipinski definition) is 2. The minimum atomic E-state index is -0.0438. The Bertz CT molecular complexity index is 330. The van der Waals surface area contributed by atoms with Crippen LogP contribution in [0.3, 0.4) is 0 Å². The monoisotopic (exact) mass is 195 g/mol. The van der Waals surface area contributed by atoms with Crippen LogP contribution in [0.15, 0.2) is 17.1 Å². The highest BCUT2D eigenvalue weighted by atomic mass is 16.5. The first kappa shape index (κ1) is 10.8. The maximum Gasteiger partial charge on any atom is 0.223 e. The largest absolute Gasteiger partial charge is 0.488 e. The summed E-state index contributed by atoms with van der Waals surface area (Å²) in [5.74, 6) is 0.462. The van der Waals surface area contributed by atoms with Gasteiger partial charge in [0.25, 0.3) is 0 Å². The number of aromatic amines is 1. The van der Waals surface area contributed by atoms with Gasteiger partial charge in [0, 0.05) is 12.3 Å². The van der Waals surface area contributed by atoms with Crippen molar-refractivity contribution in [1.82, 2.24) is 4.98 Å². The number of rotatable bonds is 5. The van der Waals surface area contributed by atoms with Gasteiger partial charge in [0.05, 0.1) is 12.3 Å². The number of pyridine rings is 1. The number of H-pyrrole nitrogens is 1. The Hall–Kier alpha value is -1.25. The molecular weight excluding hydrogens is 178 g/mol. The summed E-state index contributed by atoms with van der Waals surface area (Å²) in [4.78, 5) is 14.3. The number of nitrogens with one attached hydrogen (secondary N) is 1. The summed E-state index contributed by atoms with van der Waals surface area (Å²) in [7, 11) is 0. The van der Waals surface area contributed by atoms with Gasteiger partial charge in [-0.3, -0.25) is 4.79 Å². The zero-order valence-electron chi connectivity index (χ0n) is 8.80. The fourth-order valence-corrected chi connectivity index (χ4v) is 1.27. The number of ether oxygens (including phenoxy) is 1. The second-order valence-electron chi connectivity index (χ2n) is 3.35. The molecule has 1 N–H and O–H groups in total. The summed E-state index contributed by atoms with van der Waals surface area (Å²) < 4.78 is 5.43. The van der Waals surface area contributed by atoms with Crippen molar-refractivity contribution in [3.05, 3.63) is 28.2 Å². The molecule has 0 saturated heterocycles. The van der Waals surface area contributed by atoms with Gasteiger partial charge in [-0.05, 0) is 13.3 Å². The van der Waals surface area contributed by atoms with Crippen LogP contribution in [0.2, 0.25) is 0 Å². The van der Waals surface area contributed by atoms with E-state index in [0.29, 0.717) is 12.4 Å². The molecule has 78 valence electrons. The lowest BCUT2D eigenvalue weighted by Crippen LogP contribution is -2.10. The molecule has 0 atom stereocenters. The van der Waals surface area contributed by atoms with E-state index in [1.807, 2.05) is 6.92 Å². The summed E-state index contributed by atoms with van der Waals surface area (Å²) in [5, 5.41) is 0. The number of unbranched alkanes of at least 4 members (excludes halogenated alkanes) is 2. The molecule has 14 heavy (non-hydrogen) atoms. The zero-order chi connectivity index (χ0) is 10.4. The molecule has 0 fully saturated rings. The Morgan fingerprint density at radius 3 is 2.86 bits per heavy atom. The Kier molecular flexibility index (Phi) is 4.23. The standard InChI is InChI=1S/C11H17NO2/c1-3-4-5-8-14-11-9(2)12-7-6-10(11)13/h6-7H,3-5,8H2,1-2H3,(H,12,13). The predicted molar refractivity (Wildman–Crippen MR) is 56.8 cm³/mol. The van der Waals surface area contributed by atoms with Gasteiger partial charge < -0.3 is 9.72 Å². The van der Waals surface area contributed by atoms with Crippen LogP contribution in [0.4, 0.5) is 0 Å². The minimum absolute atomic E-state index is 0.0438. The van der Waals surface area contributed by atoms with E-state index in [2.05, 4.69) is 11.9 Å². The van der Waals surface area contributed by atoms with Gasteiger partial charge in [0.1, 0.15) is 0 Å². The van der Waals surface area contributed by atoms with Crippen molar-refractivity contribution in [1.29, 1.82) is 0 Å². The third kappa shape index (κ3) is 2.91. The molecule has 0 saturated carbocycles. The van der Waals surface area contributed by atoms with Crippen LogP contribution in [-0.2, 0) is 0 Å². The maximum atomic E-state index is 11.4. The molecule has 0 spiro atoms. The van der Waals surface area contributed by atoms with Gasteiger partial charge in [0.2, 0.25) is 5.43 Å². The topological polar surface area (TPSA) is 42.1 Å². The second kappa shape index (κ2) is 5.47. The molecule has 3 heteroatoms. The average molecular weight is 195 g/mol. The van der Waals surface area contributed by atoms with Gasteiger partial charge in [-0.25, -0.2) is 0 Å². The summed E-state index contributed by atoms with van der Waals surface area (Å²) in [6.45, 7) is 4.61. The number of aromatic nitrogens is 1. The third-order valence-corrected chi connectivity index (χ3v) is 2.09. The van der Waals surface area contributed by atoms with Gasteiger partial charge in [-0.1, -0.05) is 19.8 Å². The van der Waals surface area contributed by atoms with Crippen molar-refractivity contribution >= 4 is 0 Å². The van der Waals surface area contributed by atoms with Gasteiger partial charge in [0.15, 0.2) is 5.75 Å². The van der Waals surface area contributed by atoms with E-state index < -0.39 is 0 Å². The Morgan fingerprint density at radius 1 is 1.43 bits per heavy atom. The van der Waals surface area contributed by atoms with E-state index in [1.165, 1.54) is 6.07 Å². The molecule has 1 aromatic heterocycles. The van der Waals surface area contributed by atoms with Crippen molar-refractivity contribution in [3.8, 4) is 5.75 Å². The quantitative estimate of drug-likeness (QED) is 0.732. The molecule has 3 nitrogen and oxygen atoms in total.